The number of ether oxygens (including phenoxy) is 2. The van der Waals surface area contributed by atoms with Crippen LogP contribution in [0.5, 0.6) is 0 Å². The molecule has 0 aliphatic carbocycles. The number of hydrogen-bond acceptors (Lipinski definition) is 7. The van der Waals surface area contributed by atoms with Gasteiger partial charge in [-0.15, -0.1) is 0 Å². The van der Waals surface area contributed by atoms with E-state index in [4.69, 9.17) is 33.9 Å². The van der Waals surface area contributed by atoms with Crippen LogP contribution >= 0.6 is 48.0 Å². The Labute approximate surface area is 156 Å². The maximum Gasteiger partial charge on any atom is 0.221 e. The third-order valence-corrected chi connectivity index (χ3v) is 5.12. The number of rotatable bonds is 6. The Kier molecular flexibility index (Phi) is 9.12. The Balaban J connectivity index is 2.85. The van der Waals surface area contributed by atoms with Crippen LogP contribution in [0.4, 0.5) is 0 Å². The third-order valence-electron chi connectivity index (χ3n) is 2.34. The Bertz CT molecular complexity index is 520. The zero-order valence-corrected chi connectivity index (χ0v) is 16.7. The molecule has 0 N–H and O–H groups in total. The fourth-order valence-electron chi connectivity index (χ4n) is 1.48. The van der Waals surface area contributed by atoms with E-state index in [1.54, 1.807) is 12.1 Å². The van der Waals surface area contributed by atoms with E-state index in [2.05, 4.69) is 0 Å². The van der Waals surface area contributed by atoms with Crippen molar-refractivity contribution in [2.75, 3.05) is 0 Å². The molecule has 1 rings (SSSR count). The maximum absolute atomic E-state index is 12.7. The minimum absolute atomic E-state index is 0.0358. The summed E-state index contributed by atoms with van der Waals surface area (Å²) in [7, 11) is 0. The SMILES string of the molecule is CC(C)OC(=S)SC(SC(=S)OC(C)C)C(=O)c1ccccc1. The third kappa shape index (κ3) is 8.15. The summed E-state index contributed by atoms with van der Waals surface area (Å²) in [6, 6.07) is 9.06. The van der Waals surface area contributed by atoms with Gasteiger partial charge in [-0.1, -0.05) is 53.9 Å². The maximum atomic E-state index is 12.7. The van der Waals surface area contributed by atoms with Gasteiger partial charge in [0.2, 0.25) is 8.77 Å². The monoisotopic (exact) mass is 388 g/mol. The van der Waals surface area contributed by atoms with Crippen molar-refractivity contribution in [3.63, 3.8) is 0 Å². The zero-order valence-electron chi connectivity index (χ0n) is 13.5. The molecule has 7 heteroatoms. The molecule has 1 aromatic rings. The van der Waals surface area contributed by atoms with Crippen molar-refractivity contribution in [3.05, 3.63) is 35.9 Å². The molecular formula is C16H20O3S4. The van der Waals surface area contributed by atoms with Gasteiger partial charge in [0.1, 0.15) is 4.58 Å². The molecule has 0 radical (unpaired) electrons. The fourth-order valence-corrected chi connectivity index (χ4v) is 4.86. The molecule has 0 saturated heterocycles. The Morgan fingerprint density at radius 3 is 1.74 bits per heavy atom. The number of carbonyl (C=O) groups is 1. The number of Topliss-reactive ketones (excluding diaryl/α,β-unsaturated/α-hetero) is 1. The molecule has 0 saturated carbocycles. The van der Waals surface area contributed by atoms with Gasteiger partial charge in [-0.3, -0.25) is 4.79 Å². The molecule has 126 valence electrons. The predicted octanol–water partition coefficient (Wildman–Crippen LogP) is 5.08. The van der Waals surface area contributed by atoms with Gasteiger partial charge >= 0.3 is 0 Å². The summed E-state index contributed by atoms with van der Waals surface area (Å²) in [5.74, 6) is -0.0648. The summed E-state index contributed by atoms with van der Waals surface area (Å²) < 4.78 is 11.1. The molecule has 0 atom stereocenters. The van der Waals surface area contributed by atoms with E-state index >= 15 is 0 Å². The van der Waals surface area contributed by atoms with Crippen molar-refractivity contribution in [1.29, 1.82) is 0 Å². The largest absolute Gasteiger partial charge is 0.476 e. The van der Waals surface area contributed by atoms with Crippen LogP contribution in [-0.4, -0.2) is 31.3 Å². The lowest BCUT2D eigenvalue weighted by molar-refractivity contribution is 0.101. The van der Waals surface area contributed by atoms with Crippen LogP contribution in [-0.2, 0) is 9.47 Å². The van der Waals surface area contributed by atoms with Gasteiger partial charge in [-0.25, -0.2) is 0 Å². The number of thioether (sulfide) groups is 2. The van der Waals surface area contributed by atoms with Crippen LogP contribution in [0.2, 0.25) is 0 Å². The fraction of sp³-hybridized carbons (Fsp3) is 0.438. The van der Waals surface area contributed by atoms with Crippen LogP contribution in [0.1, 0.15) is 38.1 Å². The van der Waals surface area contributed by atoms with E-state index in [1.165, 1.54) is 23.5 Å². The van der Waals surface area contributed by atoms with E-state index in [9.17, 15) is 4.79 Å². The minimum Gasteiger partial charge on any atom is -0.476 e. The Morgan fingerprint density at radius 2 is 1.35 bits per heavy atom. The Hall–Kier alpha value is -0.630. The molecule has 0 amide bonds. The molecule has 0 heterocycles. The number of hydrogen-bond donors (Lipinski definition) is 0. The molecule has 0 aliphatic rings. The lowest BCUT2D eigenvalue weighted by Gasteiger charge is -2.18. The van der Waals surface area contributed by atoms with Crippen LogP contribution in [0.3, 0.4) is 0 Å². The standard InChI is InChI=1S/C16H20O3S4/c1-10(2)18-15(20)22-14(23-16(21)19-11(3)4)13(17)12-8-6-5-7-9-12/h5-11,14H,1-4H3. The molecule has 0 aromatic heterocycles. The second-order valence-corrected chi connectivity index (χ2v) is 8.84. The second-order valence-electron chi connectivity index (χ2n) is 5.13. The summed E-state index contributed by atoms with van der Waals surface area (Å²) in [4.78, 5) is 12.7. The summed E-state index contributed by atoms with van der Waals surface area (Å²) in [5.41, 5.74) is 0.609. The van der Waals surface area contributed by atoms with Gasteiger partial charge in [-0.2, -0.15) is 0 Å². The molecule has 23 heavy (non-hydrogen) atoms. The van der Waals surface area contributed by atoms with Gasteiger partial charge in [0, 0.05) is 5.56 Å². The summed E-state index contributed by atoms with van der Waals surface area (Å²) >= 11 is 12.8. The molecule has 0 unspecified atom stereocenters. The van der Waals surface area contributed by atoms with Crippen molar-refractivity contribution >= 4 is 62.5 Å². The summed E-state index contributed by atoms with van der Waals surface area (Å²) in [5, 5.41) is 0. The van der Waals surface area contributed by atoms with Gasteiger partial charge in [0.25, 0.3) is 0 Å². The van der Waals surface area contributed by atoms with Crippen molar-refractivity contribution in [3.8, 4) is 0 Å². The molecular weight excluding hydrogens is 368 g/mol. The second kappa shape index (κ2) is 10.3. The van der Waals surface area contributed by atoms with E-state index in [0.29, 0.717) is 14.3 Å². The quantitative estimate of drug-likeness (QED) is 0.382. The molecule has 0 aliphatic heterocycles. The molecule has 0 fully saturated rings. The lowest BCUT2D eigenvalue weighted by Crippen LogP contribution is -2.20. The first kappa shape index (κ1) is 20.4. The van der Waals surface area contributed by atoms with Gasteiger partial charge in [0.05, 0.1) is 12.2 Å². The summed E-state index contributed by atoms with van der Waals surface area (Å²) in [6.07, 6.45) is -0.0716. The van der Waals surface area contributed by atoms with Crippen LogP contribution in [0.15, 0.2) is 30.3 Å². The van der Waals surface area contributed by atoms with Gasteiger partial charge in [-0.05, 0) is 52.1 Å². The van der Waals surface area contributed by atoms with E-state index in [-0.39, 0.29) is 18.0 Å². The lowest BCUT2D eigenvalue weighted by atomic mass is 10.1. The number of thiocarbonyl (C=S) groups is 2. The highest BCUT2D eigenvalue weighted by Crippen LogP contribution is 2.31. The van der Waals surface area contributed by atoms with E-state index in [1.807, 2.05) is 45.9 Å². The average molecular weight is 389 g/mol. The highest BCUT2D eigenvalue weighted by atomic mass is 32.2. The van der Waals surface area contributed by atoms with Crippen LogP contribution in [0, 0.1) is 0 Å². The normalized spacial score (nSPS) is 10.9. The molecule has 3 nitrogen and oxygen atoms in total. The Morgan fingerprint density at radius 1 is 0.913 bits per heavy atom. The van der Waals surface area contributed by atoms with E-state index in [0.717, 1.165) is 0 Å². The van der Waals surface area contributed by atoms with Crippen molar-refractivity contribution in [2.45, 2.75) is 44.5 Å². The van der Waals surface area contributed by atoms with Gasteiger partial charge in [0.15, 0.2) is 5.78 Å². The highest BCUT2D eigenvalue weighted by Gasteiger charge is 2.26. The van der Waals surface area contributed by atoms with Crippen LogP contribution in [0.25, 0.3) is 0 Å². The number of ketones is 1. The topological polar surface area (TPSA) is 35.5 Å². The molecule has 0 spiro atoms. The first-order valence-corrected chi connectivity index (χ1v) is 9.71. The highest BCUT2D eigenvalue weighted by molar-refractivity contribution is 8.36. The van der Waals surface area contributed by atoms with Crippen molar-refractivity contribution in [2.24, 2.45) is 0 Å². The molecule has 1 aromatic carbocycles. The number of benzene rings is 1. The van der Waals surface area contributed by atoms with E-state index < -0.39 is 4.58 Å². The van der Waals surface area contributed by atoms with Gasteiger partial charge < -0.3 is 9.47 Å². The van der Waals surface area contributed by atoms with Crippen LogP contribution < -0.4 is 0 Å². The van der Waals surface area contributed by atoms with Crippen molar-refractivity contribution in [1.82, 2.24) is 0 Å². The molecule has 0 bridgehead atoms. The minimum atomic E-state index is -0.533. The van der Waals surface area contributed by atoms with Crippen molar-refractivity contribution < 1.29 is 14.3 Å². The smallest absolute Gasteiger partial charge is 0.221 e. The zero-order chi connectivity index (χ0) is 17.4. The average Bonchev–Trinajstić information content (AvgIpc) is 2.45. The predicted molar refractivity (Wildman–Crippen MR) is 107 cm³/mol. The first-order chi connectivity index (χ1) is 10.8. The first-order valence-electron chi connectivity index (χ1n) is 7.13. The number of carbonyl (C=O) groups excluding carboxylic acids is 1. The summed E-state index contributed by atoms with van der Waals surface area (Å²) in [6.45, 7) is 7.56.